The summed E-state index contributed by atoms with van der Waals surface area (Å²) in [6.45, 7) is 2.00. The molecule has 0 saturated heterocycles. The molecular formula is C11H16N2O2S. The predicted molar refractivity (Wildman–Crippen MR) is 64.7 cm³/mol. The average Bonchev–Trinajstić information content (AvgIpc) is 2.72. The van der Waals surface area contributed by atoms with Crippen molar-refractivity contribution in [2.45, 2.75) is 13.0 Å². The Balaban J connectivity index is 2.26. The Labute approximate surface area is 99.2 Å². The summed E-state index contributed by atoms with van der Waals surface area (Å²) in [6, 6.07) is 0. The highest BCUT2D eigenvalue weighted by atomic mass is 32.1. The number of likely N-dealkylation sites (N-methyl/N-ethyl adjacent to an activating group) is 1. The van der Waals surface area contributed by atoms with Crippen LogP contribution >= 0.6 is 11.3 Å². The zero-order chi connectivity index (χ0) is 11.5. The van der Waals surface area contributed by atoms with Gasteiger partial charge < -0.3 is 14.7 Å². The monoisotopic (exact) mass is 240 g/mol. The van der Waals surface area contributed by atoms with E-state index in [-0.39, 0.29) is 6.61 Å². The first-order valence-electron chi connectivity index (χ1n) is 5.27. The molecule has 0 spiro atoms. The first kappa shape index (κ1) is 11.6. The van der Waals surface area contributed by atoms with Crippen LogP contribution in [0.5, 0.6) is 5.88 Å². The van der Waals surface area contributed by atoms with Gasteiger partial charge in [0.05, 0.1) is 18.6 Å². The van der Waals surface area contributed by atoms with Gasteiger partial charge in [0.15, 0.2) is 0 Å². The van der Waals surface area contributed by atoms with Crippen LogP contribution in [0.3, 0.4) is 0 Å². The molecule has 5 heteroatoms. The lowest BCUT2D eigenvalue weighted by molar-refractivity contribution is 0.276. The van der Waals surface area contributed by atoms with Crippen LogP contribution in [0.15, 0.2) is 6.08 Å². The van der Waals surface area contributed by atoms with E-state index in [1.807, 2.05) is 0 Å². The fraction of sp³-hybridized carbons (Fsp3) is 0.545. The van der Waals surface area contributed by atoms with Crippen molar-refractivity contribution in [3.8, 4) is 5.88 Å². The Kier molecular flexibility index (Phi) is 3.58. The Morgan fingerprint density at radius 2 is 2.44 bits per heavy atom. The van der Waals surface area contributed by atoms with E-state index in [4.69, 9.17) is 4.74 Å². The maximum absolute atomic E-state index is 9.17. The Bertz CT molecular complexity index is 379. The van der Waals surface area contributed by atoms with Crippen LogP contribution in [0.25, 0.3) is 5.57 Å². The van der Waals surface area contributed by atoms with Crippen LogP contribution in [-0.4, -0.2) is 42.2 Å². The second-order valence-electron chi connectivity index (χ2n) is 3.87. The average molecular weight is 240 g/mol. The third-order valence-electron chi connectivity index (χ3n) is 2.61. The van der Waals surface area contributed by atoms with Gasteiger partial charge in [-0.25, -0.2) is 4.98 Å². The maximum Gasteiger partial charge on any atom is 0.230 e. The van der Waals surface area contributed by atoms with Gasteiger partial charge in [0, 0.05) is 13.1 Å². The Morgan fingerprint density at radius 3 is 3.00 bits per heavy atom. The molecule has 0 atom stereocenters. The maximum atomic E-state index is 9.17. The zero-order valence-corrected chi connectivity index (χ0v) is 10.4. The van der Waals surface area contributed by atoms with Crippen molar-refractivity contribution >= 4 is 16.9 Å². The van der Waals surface area contributed by atoms with E-state index in [2.05, 4.69) is 23.0 Å². The van der Waals surface area contributed by atoms with Gasteiger partial charge in [0.1, 0.15) is 5.01 Å². The van der Waals surface area contributed by atoms with Crippen molar-refractivity contribution in [2.24, 2.45) is 0 Å². The van der Waals surface area contributed by atoms with Gasteiger partial charge in [-0.05, 0) is 19.0 Å². The van der Waals surface area contributed by atoms with Crippen LogP contribution in [0.4, 0.5) is 0 Å². The summed E-state index contributed by atoms with van der Waals surface area (Å²) >= 11 is 1.51. The summed E-state index contributed by atoms with van der Waals surface area (Å²) in [6.07, 6.45) is 3.28. The smallest absolute Gasteiger partial charge is 0.230 e. The fourth-order valence-electron chi connectivity index (χ4n) is 1.78. The number of hydrogen-bond acceptors (Lipinski definition) is 5. The summed E-state index contributed by atoms with van der Waals surface area (Å²) in [4.78, 5) is 7.46. The molecule has 2 heterocycles. The molecule has 1 aliphatic heterocycles. The van der Waals surface area contributed by atoms with Crippen molar-refractivity contribution in [1.29, 1.82) is 0 Å². The molecule has 1 aromatic rings. The molecule has 88 valence electrons. The quantitative estimate of drug-likeness (QED) is 0.866. The standard InChI is InChI=1S/C11H16N2O2S/c1-13-5-3-4-8(6-13)11-12-10(15-2)9(7-14)16-11/h4,14H,3,5-7H2,1-2H3. The minimum Gasteiger partial charge on any atom is -0.480 e. The molecule has 1 aliphatic rings. The van der Waals surface area contributed by atoms with Crippen molar-refractivity contribution < 1.29 is 9.84 Å². The largest absolute Gasteiger partial charge is 0.480 e. The van der Waals surface area contributed by atoms with E-state index in [1.165, 1.54) is 16.9 Å². The summed E-state index contributed by atoms with van der Waals surface area (Å²) in [5.41, 5.74) is 1.23. The molecule has 4 nitrogen and oxygen atoms in total. The molecule has 0 bridgehead atoms. The van der Waals surface area contributed by atoms with E-state index in [0.717, 1.165) is 29.4 Å². The SMILES string of the molecule is COc1nc(C2=CCCN(C)C2)sc1CO. The van der Waals surface area contributed by atoms with Crippen molar-refractivity contribution in [1.82, 2.24) is 9.88 Å². The van der Waals surface area contributed by atoms with Crippen molar-refractivity contribution in [3.63, 3.8) is 0 Å². The van der Waals surface area contributed by atoms with Crippen LogP contribution in [-0.2, 0) is 6.61 Å². The number of rotatable bonds is 3. The first-order chi connectivity index (χ1) is 7.74. The van der Waals surface area contributed by atoms with E-state index >= 15 is 0 Å². The number of hydrogen-bond donors (Lipinski definition) is 1. The van der Waals surface area contributed by atoms with Crippen LogP contribution in [0.2, 0.25) is 0 Å². The summed E-state index contributed by atoms with van der Waals surface area (Å²) in [7, 11) is 3.68. The third-order valence-corrected chi connectivity index (χ3v) is 3.71. The van der Waals surface area contributed by atoms with Gasteiger partial charge in [-0.2, -0.15) is 0 Å². The van der Waals surface area contributed by atoms with Crippen LogP contribution < -0.4 is 4.74 Å². The fourth-order valence-corrected chi connectivity index (χ4v) is 2.70. The number of aliphatic hydroxyl groups excluding tert-OH is 1. The zero-order valence-electron chi connectivity index (χ0n) is 9.56. The second-order valence-corrected chi connectivity index (χ2v) is 4.95. The molecule has 0 unspecified atom stereocenters. The number of nitrogens with zero attached hydrogens (tertiary/aromatic N) is 2. The van der Waals surface area contributed by atoms with Crippen LogP contribution in [0.1, 0.15) is 16.3 Å². The summed E-state index contributed by atoms with van der Waals surface area (Å²) in [5, 5.41) is 10.1. The van der Waals surface area contributed by atoms with Crippen LogP contribution in [0, 0.1) is 0 Å². The number of aromatic nitrogens is 1. The summed E-state index contributed by atoms with van der Waals surface area (Å²) < 4.78 is 5.13. The number of methoxy groups -OCH3 is 1. The molecule has 0 fully saturated rings. The molecule has 2 rings (SSSR count). The highest BCUT2D eigenvalue weighted by Gasteiger charge is 2.17. The lowest BCUT2D eigenvalue weighted by Gasteiger charge is -2.21. The van der Waals surface area contributed by atoms with E-state index < -0.39 is 0 Å². The van der Waals surface area contributed by atoms with Gasteiger partial charge >= 0.3 is 0 Å². The minimum atomic E-state index is -0.00996. The van der Waals surface area contributed by atoms with Crippen molar-refractivity contribution in [3.05, 3.63) is 16.0 Å². The third kappa shape index (κ3) is 2.26. The van der Waals surface area contributed by atoms with E-state index in [9.17, 15) is 5.11 Å². The van der Waals surface area contributed by atoms with Gasteiger partial charge in [0.25, 0.3) is 0 Å². The molecule has 1 aromatic heterocycles. The minimum absolute atomic E-state index is 0.00996. The number of ether oxygens (including phenoxy) is 1. The topological polar surface area (TPSA) is 45.6 Å². The second kappa shape index (κ2) is 4.95. The number of aliphatic hydroxyl groups is 1. The Hall–Kier alpha value is -0.910. The molecule has 0 aliphatic carbocycles. The molecule has 1 N–H and O–H groups in total. The normalized spacial score (nSPS) is 17.3. The van der Waals surface area contributed by atoms with Gasteiger partial charge in [-0.15, -0.1) is 11.3 Å². The molecule has 0 amide bonds. The molecule has 0 saturated carbocycles. The van der Waals surface area contributed by atoms with Gasteiger partial charge in [0.2, 0.25) is 5.88 Å². The Morgan fingerprint density at radius 1 is 1.62 bits per heavy atom. The van der Waals surface area contributed by atoms with E-state index in [1.54, 1.807) is 7.11 Å². The molecular weight excluding hydrogens is 224 g/mol. The molecule has 0 radical (unpaired) electrons. The predicted octanol–water partition coefficient (Wildman–Crippen LogP) is 1.36. The van der Waals surface area contributed by atoms with Crippen molar-refractivity contribution in [2.75, 3.05) is 27.2 Å². The molecule has 16 heavy (non-hydrogen) atoms. The van der Waals surface area contributed by atoms with Gasteiger partial charge in [-0.1, -0.05) is 6.08 Å². The first-order valence-corrected chi connectivity index (χ1v) is 6.08. The molecule has 0 aromatic carbocycles. The lowest BCUT2D eigenvalue weighted by atomic mass is 10.1. The highest BCUT2D eigenvalue weighted by Crippen LogP contribution is 2.31. The summed E-state index contributed by atoms with van der Waals surface area (Å²) in [5.74, 6) is 0.552. The van der Waals surface area contributed by atoms with Gasteiger partial charge in [-0.3, -0.25) is 0 Å². The number of thiazole rings is 1. The lowest BCUT2D eigenvalue weighted by Crippen LogP contribution is -2.24. The highest BCUT2D eigenvalue weighted by molar-refractivity contribution is 7.13. The van der Waals surface area contributed by atoms with E-state index in [0.29, 0.717) is 5.88 Å².